The van der Waals surface area contributed by atoms with E-state index in [0.717, 1.165) is 25.7 Å². The van der Waals surface area contributed by atoms with Gasteiger partial charge < -0.3 is 5.11 Å². The van der Waals surface area contributed by atoms with E-state index in [1.165, 1.54) is 0 Å². The minimum absolute atomic E-state index is 0.0929. The van der Waals surface area contributed by atoms with Crippen molar-refractivity contribution in [2.24, 2.45) is 11.3 Å². The molecule has 0 bridgehead atoms. The first-order valence-electron chi connectivity index (χ1n) is 7.55. The highest BCUT2D eigenvalue weighted by molar-refractivity contribution is 5.69. The van der Waals surface area contributed by atoms with E-state index in [1.807, 2.05) is 34.6 Å². The Hall–Kier alpha value is -0.610. The monoisotopic (exact) mass is 288 g/mol. The second-order valence-electron chi connectivity index (χ2n) is 7.55. The zero-order chi connectivity index (χ0) is 15.8. The van der Waals surface area contributed by atoms with Gasteiger partial charge in [0, 0.05) is 6.61 Å². The largest absolute Gasteiger partial charge is 0.396 e. The summed E-state index contributed by atoms with van der Waals surface area (Å²) in [6.45, 7) is 12.2. The van der Waals surface area contributed by atoms with Crippen molar-refractivity contribution in [3.63, 3.8) is 0 Å². The molecule has 1 atom stereocenters. The molecule has 0 aliphatic heterocycles. The molecule has 0 aliphatic carbocycles. The normalized spacial score (nSPS) is 14.2. The van der Waals surface area contributed by atoms with Crippen LogP contribution in [0.1, 0.15) is 73.6 Å². The fourth-order valence-corrected chi connectivity index (χ4v) is 1.90. The lowest BCUT2D eigenvalue weighted by Crippen LogP contribution is -2.27. The molecule has 1 N–H and O–H groups in total. The predicted octanol–water partition coefficient (Wildman–Crippen LogP) is 3.86. The first kappa shape index (κ1) is 19.4. The van der Waals surface area contributed by atoms with E-state index in [0.29, 0.717) is 12.3 Å². The Morgan fingerprint density at radius 1 is 1.15 bits per heavy atom. The number of rotatable bonds is 9. The summed E-state index contributed by atoms with van der Waals surface area (Å²) in [5, 5.41) is 8.85. The summed E-state index contributed by atoms with van der Waals surface area (Å²) in [6, 6.07) is 0. The number of aliphatic hydroxyl groups is 1. The highest BCUT2D eigenvalue weighted by Gasteiger charge is 2.24. The third kappa shape index (κ3) is 11.2. The maximum atomic E-state index is 11.6. The van der Waals surface area contributed by atoms with E-state index in [9.17, 15) is 4.79 Å². The summed E-state index contributed by atoms with van der Waals surface area (Å²) in [6.07, 6.45) is 4.04. The van der Waals surface area contributed by atoms with Crippen LogP contribution in [0.25, 0.3) is 0 Å². The molecule has 0 saturated heterocycles. The lowest BCUT2D eigenvalue weighted by Gasteiger charge is -2.24. The molecule has 0 heterocycles. The van der Waals surface area contributed by atoms with Gasteiger partial charge in [0.05, 0.1) is 6.42 Å². The van der Waals surface area contributed by atoms with Crippen molar-refractivity contribution in [3.05, 3.63) is 0 Å². The summed E-state index contributed by atoms with van der Waals surface area (Å²) >= 11 is 0. The third-order valence-corrected chi connectivity index (χ3v) is 3.13. The number of carbonyl (C=O) groups excluding carboxylic acids is 1. The van der Waals surface area contributed by atoms with Gasteiger partial charge in [0.15, 0.2) is 0 Å². The number of carbonyl (C=O) groups is 1. The van der Waals surface area contributed by atoms with Crippen LogP contribution in [-0.4, -0.2) is 23.3 Å². The van der Waals surface area contributed by atoms with E-state index >= 15 is 0 Å². The molecule has 0 aromatic carbocycles. The Morgan fingerprint density at radius 3 is 2.25 bits per heavy atom. The third-order valence-electron chi connectivity index (χ3n) is 3.13. The molecule has 0 aliphatic rings. The Kier molecular flexibility index (Phi) is 8.36. The van der Waals surface area contributed by atoms with Gasteiger partial charge in [-0.05, 0) is 38.0 Å². The second-order valence-corrected chi connectivity index (χ2v) is 7.55. The van der Waals surface area contributed by atoms with E-state index < -0.39 is 5.60 Å². The number of hydrogen-bond donors (Lipinski definition) is 1. The van der Waals surface area contributed by atoms with Gasteiger partial charge in [-0.1, -0.05) is 40.5 Å². The first-order valence-corrected chi connectivity index (χ1v) is 7.55. The molecule has 0 saturated carbocycles. The van der Waals surface area contributed by atoms with Crippen LogP contribution in [-0.2, 0) is 14.6 Å². The minimum Gasteiger partial charge on any atom is -0.396 e. The van der Waals surface area contributed by atoms with Crippen molar-refractivity contribution < 1.29 is 19.7 Å². The Bertz CT molecular complexity index is 279. The van der Waals surface area contributed by atoms with Crippen molar-refractivity contribution in [1.29, 1.82) is 0 Å². The van der Waals surface area contributed by atoms with Crippen molar-refractivity contribution >= 4 is 5.97 Å². The molecule has 0 fully saturated rings. The molecule has 120 valence electrons. The standard InChI is InChI=1S/C16H32O4/c1-13(9-11-17)8-7-10-16(5,6)20-19-14(18)12-15(2,3)4/h13,17H,7-12H2,1-6H3. The van der Waals surface area contributed by atoms with Gasteiger partial charge in [0.1, 0.15) is 5.60 Å². The highest BCUT2D eigenvalue weighted by Crippen LogP contribution is 2.23. The summed E-state index contributed by atoms with van der Waals surface area (Å²) in [5.41, 5.74) is -0.559. The SMILES string of the molecule is CC(CCO)CCCC(C)(C)OOC(=O)CC(C)(C)C. The summed E-state index contributed by atoms with van der Waals surface area (Å²) in [7, 11) is 0. The minimum atomic E-state index is -0.466. The average Bonchev–Trinajstić information content (AvgIpc) is 2.24. The van der Waals surface area contributed by atoms with Gasteiger partial charge in [-0.2, -0.15) is 4.89 Å². The molecule has 0 aromatic heterocycles. The predicted molar refractivity (Wildman–Crippen MR) is 80.0 cm³/mol. The van der Waals surface area contributed by atoms with E-state index in [-0.39, 0.29) is 18.0 Å². The number of hydrogen-bond acceptors (Lipinski definition) is 4. The van der Waals surface area contributed by atoms with Crippen molar-refractivity contribution in [3.8, 4) is 0 Å². The van der Waals surface area contributed by atoms with Crippen LogP contribution < -0.4 is 0 Å². The zero-order valence-corrected chi connectivity index (χ0v) is 14.0. The molecule has 0 amide bonds. The van der Waals surface area contributed by atoms with Gasteiger partial charge in [-0.3, -0.25) is 4.89 Å². The van der Waals surface area contributed by atoms with Crippen LogP contribution in [0.2, 0.25) is 0 Å². The lowest BCUT2D eigenvalue weighted by molar-refractivity contribution is -0.327. The maximum absolute atomic E-state index is 11.6. The van der Waals surface area contributed by atoms with Crippen molar-refractivity contribution in [2.75, 3.05) is 6.61 Å². The molecular weight excluding hydrogens is 256 g/mol. The molecule has 0 rings (SSSR count). The van der Waals surface area contributed by atoms with Crippen LogP contribution >= 0.6 is 0 Å². The van der Waals surface area contributed by atoms with Crippen molar-refractivity contribution in [1.82, 2.24) is 0 Å². The molecular formula is C16H32O4. The molecule has 0 spiro atoms. The lowest BCUT2D eigenvalue weighted by atomic mass is 9.93. The molecule has 20 heavy (non-hydrogen) atoms. The molecule has 4 nitrogen and oxygen atoms in total. The Morgan fingerprint density at radius 2 is 1.75 bits per heavy atom. The second kappa shape index (κ2) is 8.63. The van der Waals surface area contributed by atoms with Crippen LogP contribution in [0.4, 0.5) is 0 Å². The topological polar surface area (TPSA) is 55.8 Å². The Labute approximate surface area is 123 Å². The fraction of sp³-hybridized carbons (Fsp3) is 0.938. The highest BCUT2D eigenvalue weighted by atomic mass is 17.2. The van der Waals surface area contributed by atoms with Crippen LogP contribution in [0.5, 0.6) is 0 Å². The van der Waals surface area contributed by atoms with Gasteiger partial charge in [-0.25, -0.2) is 4.79 Å². The van der Waals surface area contributed by atoms with E-state index in [4.69, 9.17) is 14.9 Å². The van der Waals surface area contributed by atoms with Crippen molar-refractivity contribution in [2.45, 2.75) is 79.2 Å². The fourth-order valence-electron chi connectivity index (χ4n) is 1.90. The molecule has 1 unspecified atom stereocenters. The zero-order valence-electron chi connectivity index (χ0n) is 14.0. The average molecular weight is 288 g/mol. The van der Waals surface area contributed by atoms with Gasteiger partial charge in [-0.15, -0.1) is 0 Å². The van der Waals surface area contributed by atoms with Crippen LogP contribution in [0, 0.1) is 11.3 Å². The van der Waals surface area contributed by atoms with E-state index in [1.54, 1.807) is 0 Å². The quantitative estimate of drug-likeness (QED) is 0.517. The molecule has 4 heteroatoms. The van der Waals surface area contributed by atoms with Gasteiger partial charge in [0.2, 0.25) is 0 Å². The molecule has 0 radical (unpaired) electrons. The van der Waals surface area contributed by atoms with Gasteiger partial charge >= 0.3 is 5.97 Å². The van der Waals surface area contributed by atoms with Gasteiger partial charge in [0.25, 0.3) is 0 Å². The van der Waals surface area contributed by atoms with Crippen LogP contribution in [0.3, 0.4) is 0 Å². The maximum Gasteiger partial charge on any atom is 0.342 e. The van der Waals surface area contributed by atoms with E-state index in [2.05, 4.69) is 6.92 Å². The van der Waals surface area contributed by atoms with Crippen LogP contribution in [0.15, 0.2) is 0 Å². The summed E-state index contributed by atoms with van der Waals surface area (Å²) < 4.78 is 0. The smallest absolute Gasteiger partial charge is 0.342 e. The first-order chi connectivity index (χ1) is 9.06. The molecule has 0 aromatic rings. The summed E-state index contributed by atoms with van der Waals surface area (Å²) in [4.78, 5) is 21.8. The summed E-state index contributed by atoms with van der Waals surface area (Å²) in [5.74, 6) is 0.193. The number of aliphatic hydroxyl groups excluding tert-OH is 1. The Balaban J connectivity index is 3.92.